The number of carbonyl (C=O) groups excluding carboxylic acids is 1. The van der Waals surface area contributed by atoms with Crippen molar-refractivity contribution in [3.63, 3.8) is 0 Å². The highest BCUT2D eigenvalue weighted by atomic mass is 19.4. The first-order valence-electron chi connectivity index (χ1n) is 14.2. The molecule has 1 amide bonds. The summed E-state index contributed by atoms with van der Waals surface area (Å²) >= 11 is 0. The van der Waals surface area contributed by atoms with E-state index in [2.05, 4.69) is 34.3 Å². The van der Waals surface area contributed by atoms with Gasteiger partial charge in [-0.05, 0) is 46.9 Å². The van der Waals surface area contributed by atoms with Gasteiger partial charge in [-0.15, -0.1) is 10.2 Å². The lowest BCUT2D eigenvalue weighted by molar-refractivity contribution is -0.138. The fourth-order valence-electron chi connectivity index (χ4n) is 6.41. The van der Waals surface area contributed by atoms with Crippen LogP contribution in [0, 0.1) is 5.92 Å². The zero-order valence-corrected chi connectivity index (χ0v) is 23.8. The molecule has 2 fully saturated rings. The van der Waals surface area contributed by atoms with Gasteiger partial charge in [0.15, 0.2) is 12.0 Å². The Morgan fingerprint density at radius 3 is 2.62 bits per heavy atom. The van der Waals surface area contributed by atoms with Crippen molar-refractivity contribution in [3.05, 3.63) is 76.4 Å². The number of anilines is 1. The molecule has 3 aliphatic heterocycles. The number of piperazine rings is 1. The van der Waals surface area contributed by atoms with Crippen LogP contribution in [-0.4, -0.2) is 64.5 Å². The molecule has 3 aliphatic rings. The van der Waals surface area contributed by atoms with E-state index in [-0.39, 0.29) is 42.8 Å². The Balaban J connectivity index is 1.33. The summed E-state index contributed by atoms with van der Waals surface area (Å²) in [6.07, 6.45) is -4.73. The van der Waals surface area contributed by atoms with Crippen LogP contribution in [0.15, 0.2) is 42.7 Å². The van der Waals surface area contributed by atoms with E-state index in [0.717, 1.165) is 13.1 Å². The number of carbonyl (C=O) groups is 1. The normalized spacial score (nSPS) is 21.5. The molecule has 2 atom stereocenters. The SMILES string of the molecule is CC(C)[C@@H]1CNCCN1Cc1cc2c(c(C(F)(F)F)c1)CN(c1cccc(C3([C@H](F)c4nncn4C)COC3)c1)C2=O. The molecule has 0 bridgehead atoms. The van der Waals surface area contributed by atoms with Crippen LogP contribution in [0.3, 0.4) is 0 Å². The highest BCUT2D eigenvalue weighted by molar-refractivity contribution is 6.10. The minimum absolute atomic E-state index is 0.0356. The standard InChI is InChI=1S/C30H34F4N6O2/c1-18(2)25-12-35-7-8-39(25)13-19-9-22-23(24(10-19)30(32,33)34)14-40(28(22)41)21-6-4-5-20(11-21)29(15-42-16-29)26(31)27-37-36-17-38(27)3/h4-6,9-11,17-18,25-26,35H,7-8,12-16H2,1-3H3/t25-,26+/m0/s1. The Kier molecular flexibility index (Phi) is 7.35. The maximum Gasteiger partial charge on any atom is 0.416 e. The van der Waals surface area contributed by atoms with E-state index in [9.17, 15) is 18.0 Å². The summed E-state index contributed by atoms with van der Waals surface area (Å²) in [5.74, 6) is -0.0280. The van der Waals surface area contributed by atoms with Gasteiger partial charge in [-0.1, -0.05) is 26.0 Å². The molecule has 12 heteroatoms. The van der Waals surface area contributed by atoms with Crippen LogP contribution in [0.4, 0.5) is 23.2 Å². The molecule has 8 nitrogen and oxygen atoms in total. The molecule has 3 aromatic rings. The number of aromatic nitrogens is 3. The van der Waals surface area contributed by atoms with Gasteiger partial charge in [-0.2, -0.15) is 13.2 Å². The molecule has 2 saturated heterocycles. The van der Waals surface area contributed by atoms with E-state index in [1.165, 1.54) is 21.9 Å². The molecule has 0 saturated carbocycles. The summed E-state index contributed by atoms with van der Waals surface area (Å²) in [6, 6.07) is 9.77. The number of ether oxygens (including phenoxy) is 1. The molecule has 0 spiro atoms. The molecular weight excluding hydrogens is 552 g/mol. The number of halogens is 4. The van der Waals surface area contributed by atoms with Crippen LogP contribution in [0.2, 0.25) is 0 Å². The van der Waals surface area contributed by atoms with Crippen LogP contribution in [0.1, 0.15) is 58.5 Å². The van der Waals surface area contributed by atoms with Crippen LogP contribution in [-0.2, 0) is 36.5 Å². The lowest BCUT2D eigenvalue weighted by Gasteiger charge is -2.43. The Labute approximate surface area is 241 Å². The Morgan fingerprint density at radius 2 is 1.98 bits per heavy atom. The van der Waals surface area contributed by atoms with E-state index in [1.807, 2.05) is 0 Å². The topological polar surface area (TPSA) is 75.5 Å². The number of aryl methyl sites for hydroxylation is 1. The number of alkyl halides is 4. The second-order valence-electron chi connectivity index (χ2n) is 11.9. The summed E-state index contributed by atoms with van der Waals surface area (Å²) < 4.78 is 65.9. The average molecular weight is 587 g/mol. The Bertz CT molecular complexity index is 1480. The molecular formula is C30H34F4N6O2. The largest absolute Gasteiger partial charge is 0.416 e. The number of nitrogens with zero attached hydrogens (tertiary/aromatic N) is 5. The number of hydrogen-bond donors (Lipinski definition) is 1. The summed E-state index contributed by atoms with van der Waals surface area (Å²) in [5.41, 5.74) is -0.354. The monoisotopic (exact) mass is 586 g/mol. The second kappa shape index (κ2) is 10.7. The minimum Gasteiger partial charge on any atom is -0.379 e. The van der Waals surface area contributed by atoms with Crippen LogP contribution in [0.25, 0.3) is 0 Å². The first kappa shape index (κ1) is 28.8. The molecule has 6 rings (SSSR count). The fourth-order valence-corrected chi connectivity index (χ4v) is 6.41. The molecule has 224 valence electrons. The molecule has 0 unspecified atom stereocenters. The predicted molar refractivity (Wildman–Crippen MR) is 148 cm³/mol. The van der Waals surface area contributed by atoms with Gasteiger partial charge in [0.05, 0.1) is 30.7 Å². The molecule has 1 aromatic heterocycles. The quantitative estimate of drug-likeness (QED) is 0.414. The van der Waals surface area contributed by atoms with Gasteiger partial charge in [0.1, 0.15) is 6.33 Å². The highest BCUT2D eigenvalue weighted by Crippen LogP contribution is 2.47. The van der Waals surface area contributed by atoms with Crippen molar-refractivity contribution in [1.29, 1.82) is 0 Å². The van der Waals surface area contributed by atoms with Crippen LogP contribution >= 0.6 is 0 Å². The second-order valence-corrected chi connectivity index (χ2v) is 11.9. The van der Waals surface area contributed by atoms with E-state index >= 15 is 4.39 Å². The number of rotatable bonds is 7. The van der Waals surface area contributed by atoms with Crippen molar-refractivity contribution in [2.45, 2.75) is 50.7 Å². The van der Waals surface area contributed by atoms with Gasteiger partial charge in [0.2, 0.25) is 0 Å². The molecule has 0 radical (unpaired) electrons. The maximum absolute atomic E-state index is 15.9. The van der Waals surface area contributed by atoms with E-state index in [1.54, 1.807) is 37.4 Å². The first-order chi connectivity index (χ1) is 20.0. The average Bonchev–Trinajstić information content (AvgIpc) is 3.50. The zero-order chi connectivity index (χ0) is 29.8. The molecule has 2 aromatic carbocycles. The van der Waals surface area contributed by atoms with Crippen molar-refractivity contribution < 1.29 is 27.1 Å². The van der Waals surface area contributed by atoms with Crippen molar-refractivity contribution >= 4 is 11.6 Å². The molecule has 0 aliphatic carbocycles. The Morgan fingerprint density at radius 1 is 1.19 bits per heavy atom. The third-order valence-corrected chi connectivity index (χ3v) is 8.87. The summed E-state index contributed by atoms with van der Waals surface area (Å²) in [4.78, 5) is 17.3. The number of amides is 1. The van der Waals surface area contributed by atoms with Gasteiger partial charge in [-0.25, -0.2) is 4.39 Å². The van der Waals surface area contributed by atoms with E-state index < -0.39 is 29.2 Å². The maximum atomic E-state index is 15.9. The first-order valence-corrected chi connectivity index (χ1v) is 14.2. The van der Waals surface area contributed by atoms with E-state index in [0.29, 0.717) is 35.8 Å². The molecule has 42 heavy (non-hydrogen) atoms. The Hall–Kier alpha value is -3.35. The minimum atomic E-state index is -4.62. The molecule has 4 heterocycles. The lowest BCUT2D eigenvalue weighted by Crippen LogP contribution is -2.53. The fraction of sp³-hybridized carbons (Fsp3) is 0.500. The van der Waals surface area contributed by atoms with Crippen molar-refractivity contribution in [2.24, 2.45) is 13.0 Å². The van der Waals surface area contributed by atoms with Crippen molar-refractivity contribution in [3.8, 4) is 0 Å². The highest BCUT2D eigenvalue weighted by Gasteiger charge is 2.51. The number of fused-ring (bicyclic) bond motifs is 1. The van der Waals surface area contributed by atoms with Crippen molar-refractivity contribution in [2.75, 3.05) is 37.7 Å². The number of nitrogens with one attached hydrogen (secondary N) is 1. The van der Waals surface area contributed by atoms with Gasteiger partial charge >= 0.3 is 6.18 Å². The summed E-state index contributed by atoms with van der Waals surface area (Å²) in [7, 11) is 1.66. The van der Waals surface area contributed by atoms with Gasteiger partial charge in [0.25, 0.3) is 5.91 Å². The van der Waals surface area contributed by atoms with Crippen LogP contribution < -0.4 is 10.2 Å². The van der Waals surface area contributed by atoms with Crippen LogP contribution in [0.5, 0.6) is 0 Å². The summed E-state index contributed by atoms with van der Waals surface area (Å²) in [5, 5.41) is 11.1. The number of hydrogen-bond acceptors (Lipinski definition) is 6. The molecule has 1 N–H and O–H groups in total. The van der Waals surface area contributed by atoms with E-state index in [4.69, 9.17) is 4.74 Å². The predicted octanol–water partition coefficient (Wildman–Crippen LogP) is 4.40. The zero-order valence-electron chi connectivity index (χ0n) is 23.8. The van der Waals surface area contributed by atoms with Gasteiger partial charge in [-0.3, -0.25) is 9.69 Å². The van der Waals surface area contributed by atoms with Crippen molar-refractivity contribution in [1.82, 2.24) is 25.0 Å². The van der Waals surface area contributed by atoms with Gasteiger partial charge in [0, 0.05) is 50.5 Å². The van der Waals surface area contributed by atoms with Gasteiger partial charge < -0.3 is 19.5 Å². The third-order valence-electron chi connectivity index (χ3n) is 8.87. The lowest BCUT2D eigenvalue weighted by atomic mass is 9.74. The number of benzene rings is 2. The third kappa shape index (κ3) is 4.88. The smallest absolute Gasteiger partial charge is 0.379 e. The summed E-state index contributed by atoms with van der Waals surface area (Å²) in [6.45, 7) is 6.74.